The summed E-state index contributed by atoms with van der Waals surface area (Å²) in [4.78, 5) is 6.70. The number of anilines is 2. The van der Waals surface area contributed by atoms with E-state index in [1.165, 1.54) is 0 Å². The average Bonchev–Trinajstić information content (AvgIpc) is 3.42. The second kappa shape index (κ2) is 6.88. The van der Waals surface area contributed by atoms with Gasteiger partial charge in [0.05, 0.1) is 5.52 Å². The van der Waals surface area contributed by atoms with Crippen LogP contribution in [0.2, 0.25) is 5.02 Å². The summed E-state index contributed by atoms with van der Waals surface area (Å²) >= 11 is 6.22. The molecule has 5 rings (SSSR count). The SMILES string of the molecule is CN(c1cccc(-c2ccc(CO)o2)c1)c1nc2nncn2c2cc(Cl)ccc12. The van der Waals surface area contributed by atoms with Crippen LogP contribution in [0.1, 0.15) is 5.76 Å². The smallest absolute Gasteiger partial charge is 0.257 e. The number of aliphatic hydroxyl groups excluding tert-OH is 1. The lowest BCUT2D eigenvalue weighted by atomic mass is 10.1. The zero-order chi connectivity index (χ0) is 20.0. The van der Waals surface area contributed by atoms with E-state index >= 15 is 0 Å². The third-order valence-electron chi connectivity index (χ3n) is 4.85. The molecule has 2 aromatic carbocycles. The molecule has 1 N–H and O–H groups in total. The van der Waals surface area contributed by atoms with Gasteiger partial charge in [0.15, 0.2) is 0 Å². The molecular weight excluding hydrogens is 390 g/mol. The van der Waals surface area contributed by atoms with Crippen molar-refractivity contribution in [1.82, 2.24) is 19.6 Å². The minimum absolute atomic E-state index is 0.129. The molecule has 0 aliphatic rings. The van der Waals surface area contributed by atoms with Gasteiger partial charge in [-0.25, -0.2) is 0 Å². The van der Waals surface area contributed by atoms with Crippen LogP contribution in [-0.4, -0.2) is 31.7 Å². The van der Waals surface area contributed by atoms with Crippen LogP contribution >= 0.6 is 11.6 Å². The molecule has 0 amide bonds. The van der Waals surface area contributed by atoms with Crippen molar-refractivity contribution in [3.63, 3.8) is 0 Å². The highest BCUT2D eigenvalue weighted by atomic mass is 35.5. The van der Waals surface area contributed by atoms with Crippen molar-refractivity contribution in [2.24, 2.45) is 0 Å². The third kappa shape index (κ3) is 3.00. The molecule has 3 heterocycles. The van der Waals surface area contributed by atoms with E-state index in [1.54, 1.807) is 12.4 Å². The Morgan fingerprint density at radius 3 is 2.86 bits per heavy atom. The highest BCUT2D eigenvalue weighted by Crippen LogP contribution is 2.33. The minimum atomic E-state index is -0.129. The molecule has 0 bridgehead atoms. The number of benzene rings is 2. The topological polar surface area (TPSA) is 79.7 Å². The van der Waals surface area contributed by atoms with Gasteiger partial charge >= 0.3 is 0 Å². The molecule has 29 heavy (non-hydrogen) atoms. The predicted molar refractivity (Wildman–Crippen MR) is 111 cm³/mol. The van der Waals surface area contributed by atoms with E-state index in [4.69, 9.17) is 21.0 Å². The average molecular weight is 406 g/mol. The lowest BCUT2D eigenvalue weighted by Gasteiger charge is -2.21. The maximum atomic E-state index is 9.25. The third-order valence-corrected chi connectivity index (χ3v) is 5.08. The molecule has 0 aliphatic heterocycles. The van der Waals surface area contributed by atoms with Gasteiger partial charge in [-0.1, -0.05) is 23.7 Å². The van der Waals surface area contributed by atoms with Gasteiger partial charge in [0.2, 0.25) is 0 Å². The van der Waals surface area contributed by atoms with E-state index in [-0.39, 0.29) is 6.61 Å². The molecule has 5 aromatic rings. The molecule has 0 fully saturated rings. The number of halogens is 1. The van der Waals surface area contributed by atoms with E-state index < -0.39 is 0 Å². The number of fused-ring (bicyclic) bond motifs is 3. The Kier molecular flexibility index (Phi) is 4.19. The monoisotopic (exact) mass is 405 g/mol. The Balaban J connectivity index is 1.64. The van der Waals surface area contributed by atoms with Crippen molar-refractivity contribution in [2.75, 3.05) is 11.9 Å². The van der Waals surface area contributed by atoms with E-state index in [2.05, 4.69) is 10.2 Å². The van der Waals surface area contributed by atoms with Crippen molar-refractivity contribution >= 4 is 39.8 Å². The quantitative estimate of drug-likeness (QED) is 0.475. The molecule has 144 valence electrons. The molecule has 0 atom stereocenters. The summed E-state index contributed by atoms with van der Waals surface area (Å²) in [5.41, 5.74) is 2.71. The Hall–Kier alpha value is -3.42. The van der Waals surface area contributed by atoms with Crippen LogP contribution in [0.5, 0.6) is 0 Å². The summed E-state index contributed by atoms with van der Waals surface area (Å²) in [6.45, 7) is -0.129. The standard InChI is InChI=1S/C21H16ClN5O2/c1-26(15-4-2-3-13(9-15)19-8-6-16(11-28)29-19)20-17-7-5-14(22)10-18(17)27-12-23-25-21(27)24-20/h2-10,12,28H,11H2,1H3. The van der Waals surface area contributed by atoms with Gasteiger partial charge in [0, 0.05) is 28.7 Å². The van der Waals surface area contributed by atoms with E-state index in [9.17, 15) is 5.11 Å². The largest absolute Gasteiger partial charge is 0.459 e. The highest BCUT2D eigenvalue weighted by molar-refractivity contribution is 6.31. The van der Waals surface area contributed by atoms with Crippen molar-refractivity contribution in [3.05, 3.63) is 71.7 Å². The summed E-state index contributed by atoms with van der Waals surface area (Å²) in [5, 5.41) is 18.9. The first-order valence-corrected chi connectivity index (χ1v) is 9.34. The van der Waals surface area contributed by atoms with Crippen LogP contribution in [0.25, 0.3) is 28.0 Å². The number of hydrogen-bond donors (Lipinski definition) is 1. The van der Waals surface area contributed by atoms with Gasteiger partial charge in [-0.3, -0.25) is 4.40 Å². The summed E-state index contributed by atoms with van der Waals surface area (Å²) in [6, 6.07) is 17.2. The molecule has 0 spiro atoms. The fraction of sp³-hybridized carbons (Fsp3) is 0.0952. The van der Waals surface area contributed by atoms with Crippen LogP contribution < -0.4 is 4.90 Å². The zero-order valence-electron chi connectivity index (χ0n) is 15.5. The van der Waals surface area contributed by atoms with Gasteiger partial charge in [-0.05, 0) is 42.5 Å². The van der Waals surface area contributed by atoms with Crippen LogP contribution in [0.4, 0.5) is 11.5 Å². The van der Waals surface area contributed by atoms with Gasteiger partial charge < -0.3 is 14.4 Å². The number of aliphatic hydroxyl groups is 1. The van der Waals surface area contributed by atoms with Crippen molar-refractivity contribution in [3.8, 4) is 11.3 Å². The van der Waals surface area contributed by atoms with Gasteiger partial charge in [0.1, 0.15) is 30.3 Å². The first-order chi connectivity index (χ1) is 14.1. The highest BCUT2D eigenvalue weighted by Gasteiger charge is 2.16. The van der Waals surface area contributed by atoms with Crippen molar-refractivity contribution in [2.45, 2.75) is 6.61 Å². The summed E-state index contributed by atoms with van der Waals surface area (Å²) in [6.07, 6.45) is 1.63. The minimum Gasteiger partial charge on any atom is -0.459 e. The Morgan fingerprint density at radius 2 is 2.03 bits per heavy atom. The maximum Gasteiger partial charge on any atom is 0.257 e. The molecule has 0 aliphatic carbocycles. The first-order valence-electron chi connectivity index (χ1n) is 8.97. The molecule has 7 nitrogen and oxygen atoms in total. The molecular formula is C21H16ClN5O2. The van der Waals surface area contributed by atoms with Gasteiger partial charge in [-0.15, -0.1) is 10.2 Å². The second-order valence-electron chi connectivity index (χ2n) is 6.63. The van der Waals surface area contributed by atoms with Crippen LogP contribution in [0, 0.1) is 0 Å². The fourth-order valence-electron chi connectivity index (χ4n) is 3.39. The van der Waals surface area contributed by atoms with Crippen molar-refractivity contribution < 1.29 is 9.52 Å². The lowest BCUT2D eigenvalue weighted by Crippen LogP contribution is -2.13. The second-order valence-corrected chi connectivity index (χ2v) is 7.07. The van der Waals surface area contributed by atoms with E-state index in [0.717, 1.165) is 28.0 Å². The van der Waals surface area contributed by atoms with E-state index in [0.29, 0.717) is 22.3 Å². The number of rotatable bonds is 4. The summed E-state index contributed by atoms with van der Waals surface area (Å²) in [5.74, 6) is 2.46. The Morgan fingerprint density at radius 1 is 1.14 bits per heavy atom. The molecule has 0 radical (unpaired) electrons. The molecule has 0 saturated carbocycles. The maximum absolute atomic E-state index is 9.25. The number of aromatic nitrogens is 4. The molecule has 0 saturated heterocycles. The van der Waals surface area contributed by atoms with E-state index in [1.807, 2.05) is 64.9 Å². The lowest BCUT2D eigenvalue weighted by molar-refractivity contribution is 0.248. The van der Waals surface area contributed by atoms with Crippen LogP contribution in [0.15, 0.2) is 65.3 Å². The van der Waals surface area contributed by atoms with Gasteiger partial charge in [0.25, 0.3) is 5.78 Å². The van der Waals surface area contributed by atoms with Crippen molar-refractivity contribution in [1.29, 1.82) is 0 Å². The van der Waals surface area contributed by atoms with Crippen LogP contribution in [-0.2, 0) is 6.61 Å². The Bertz CT molecular complexity index is 1340. The first kappa shape index (κ1) is 17.7. The molecule has 3 aromatic heterocycles. The number of hydrogen-bond acceptors (Lipinski definition) is 6. The Labute approximate surface area is 170 Å². The normalized spacial score (nSPS) is 11.4. The summed E-state index contributed by atoms with van der Waals surface area (Å²) < 4.78 is 7.48. The molecule has 8 heteroatoms. The predicted octanol–water partition coefficient (Wildman–Crippen LogP) is 4.45. The zero-order valence-corrected chi connectivity index (χ0v) is 16.2. The number of furan rings is 1. The fourth-order valence-corrected chi connectivity index (χ4v) is 3.55. The summed E-state index contributed by atoms with van der Waals surface area (Å²) in [7, 11) is 1.95. The molecule has 0 unspecified atom stereocenters. The van der Waals surface area contributed by atoms with Gasteiger partial charge in [-0.2, -0.15) is 4.98 Å². The van der Waals surface area contributed by atoms with Crippen LogP contribution in [0.3, 0.4) is 0 Å². The number of nitrogens with zero attached hydrogens (tertiary/aromatic N) is 5.